The number of ether oxygens (including phenoxy) is 1. The van der Waals surface area contributed by atoms with Crippen LogP contribution in [-0.2, 0) is 18.0 Å². The third kappa shape index (κ3) is 2.85. The van der Waals surface area contributed by atoms with Crippen molar-refractivity contribution in [3.63, 3.8) is 0 Å². The summed E-state index contributed by atoms with van der Waals surface area (Å²) in [6.07, 6.45) is 0. The Morgan fingerprint density at radius 1 is 0.541 bits per heavy atom. The van der Waals surface area contributed by atoms with E-state index in [2.05, 4.69) is 81.9 Å². The van der Waals surface area contributed by atoms with Crippen LogP contribution in [0.5, 0.6) is 0 Å². The highest BCUT2D eigenvalue weighted by atomic mass is 16.5. The van der Waals surface area contributed by atoms with Gasteiger partial charge in [-0.1, -0.05) is 60.7 Å². The average molecular weight is 479 g/mol. The molecule has 0 amide bonds. The van der Waals surface area contributed by atoms with Gasteiger partial charge in [-0.15, -0.1) is 0 Å². The first kappa shape index (κ1) is 20.5. The number of rotatable bonds is 1. The zero-order valence-electron chi connectivity index (χ0n) is 20.0. The minimum Gasteiger partial charge on any atom is -0.372 e. The van der Waals surface area contributed by atoms with Crippen LogP contribution in [0.1, 0.15) is 11.1 Å². The molecule has 1 aliphatic heterocycles. The normalized spacial score (nSPS) is 13.2. The van der Waals surface area contributed by atoms with Crippen LogP contribution in [0, 0.1) is 0 Å². The predicted molar refractivity (Wildman–Crippen MR) is 150 cm³/mol. The minimum absolute atomic E-state index is 0.0626. The Balaban J connectivity index is 1.58. The lowest BCUT2D eigenvalue weighted by Gasteiger charge is -2.23. The van der Waals surface area contributed by atoms with E-state index in [1.165, 1.54) is 10.8 Å². The lowest BCUT2D eigenvalue weighted by atomic mass is 10.0. The molecule has 1 aliphatic rings. The van der Waals surface area contributed by atoms with Gasteiger partial charge in [-0.2, -0.15) is 0 Å². The van der Waals surface area contributed by atoms with Crippen molar-refractivity contribution < 1.29 is 4.74 Å². The molecule has 37 heavy (non-hydrogen) atoms. The molecule has 4 heteroatoms. The van der Waals surface area contributed by atoms with E-state index in [0.29, 0.717) is 13.2 Å². The van der Waals surface area contributed by atoms with Crippen molar-refractivity contribution in [3.8, 4) is 11.4 Å². The molecule has 8 rings (SSSR count). The van der Waals surface area contributed by atoms with Crippen molar-refractivity contribution in [1.82, 2.24) is 9.13 Å². The van der Waals surface area contributed by atoms with Crippen LogP contribution in [0.15, 0.2) is 114 Å². The van der Waals surface area contributed by atoms with Gasteiger partial charge < -0.3 is 13.9 Å². The topological polar surface area (TPSA) is 36.2 Å². The fourth-order valence-electron chi connectivity index (χ4n) is 6.03. The van der Waals surface area contributed by atoms with Gasteiger partial charge in [-0.3, -0.25) is 4.79 Å². The fourth-order valence-corrected chi connectivity index (χ4v) is 6.03. The first-order valence-electron chi connectivity index (χ1n) is 12.5. The molecule has 0 radical (unpaired) electrons. The zero-order chi connectivity index (χ0) is 24.5. The molecule has 0 N–H and O–H groups in total. The summed E-state index contributed by atoms with van der Waals surface area (Å²) in [7, 11) is 0. The van der Waals surface area contributed by atoms with Gasteiger partial charge in [0.05, 0.1) is 41.0 Å². The number of hydrogen-bond acceptors (Lipinski definition) is 2. The molecule has 4 nitrogen and oxygen atoms in total. The molecular formula is C33H22N2O2. The summed E-state index contributed by atoms with van der Waals surface area (Å²) < 4.78 is 10.9. The highest BCUT2D eigenvalue weighted by Gasteiger charge is 2.22. The van der Waals surface area contributed by atoms with Gasteiger partial charge in [0.25, 0.3) is 0 Å². The van der Waals surface area contributed by atoms with Gasteiger partial charge in [-0.25, -0.2) is 0 Å². The van der Waals surface area contributed by atoms with E-state index in [-0.39, 0.29) is 5.43 Å². The molecule has 2 aromatic heterocycles. The number of hydrogen-bond donors (Lipinski definition) is 0. The fraction of sp³-hybridized carbons (Fsp3) is 0.0606. The summed E-state index contributed by atoms with van der Waals surface area (Å²) in [5.74, 6) is 0. The number of pyridine rings is 1. The maximum Gasteiger partial charge on any atom is 0.197 e. The lowest BCUT2D eigenvalue weighted by molar-refractivity contribution is 0.107. The number of aromatic nitrogens is 2. The Morgan fingerprint density at radius 3 is 2.05 bits per heavy atom. The van der Waals surface area contributed by atoms with E-state index in [1.54, 1.807) is 0 Å². The van der Waals surface area contributed by atoms with Crippen LogP contribution in [-0.4, -0.2) is 9.13 Å². The summed E-state index contributed by atoms with van der Waals surface area (Å²) in [5, 5.41) is 3.82. The van der Waals surface area contributed by atoms with E-state index in [1.807, 2.05) is 36.4 Å². The third-order valence-corrected chi connectivity index (χ3v) is 7.62. The molecule has 3 heterocycles. The summed E-state index contributed by atoms with van der Waals surface area (Å²) in [4.78, 5) is 13.5. The second kappa shape index (κ2) is 7.66. The first-order valence-corrected chi connectivity index (χ1v) is 12.5. The number of benzene rings is 5. The van der Waals surface area contributed by atoms with Crippen LogP contribution >= 0.6 is 0 Å². The maximum atomic E-state index is 13.5. The largest absolute Gasteiger partial charge is 0.372 e. The quantitative estimate of drug-likeness (QED) is 0.233. The summed E-state index contributed by atoms with van der Waals surface area (Å²) in [5.41, 5.74) is 8.52. The third-order valence-electron chi connectivity index (χ3n) is 7.62. The van der Waals surface area contributed by atoms with E-state index in [4.69, 9.17) is 4.74 Å². The van der Waals surface area contributed by atoms with Crippen LogP contribution in [0.2, 0.25) is 0 Å². The van der Waals surface area contributed by atoms with Gasteiger partial charge in [0.2, 0.25) is 0 Å². The Bertz CT molecular complexity index is 2080. The second-order valence-electron chi connectivity index (χ2n) is 9.67. The second-order valence-corrected chi connectivity index (χ2v) is 9.67. The van der Waals surface area contributed by atoms with Crippen LogP contribution in [0.25, 0.3) is 55.0 Å². The molecule has 0 saturated carbocycles. The van der Waals surface area contributed by atoms with Crippen LogP contribution in [0.4, 0.5) is 0 Å². The van der Waals surface area contributed by atoms with Gasteiger partial charge >= 0.3 is 0 Å². The van der Waals surface area contributed by atoms with Crippen molar-refractivity contribution in [2.75, 3.05) is 0 Å². The zero-order valence-corrected chi connectivity index (χ0v) is 20.0. The Hall–Kier alpha value is -4.67. The first-order chi connectivity index (χ1) is 18.3. The van der Waals surface area contributed by atoms with Crippen molar-refractivity contribution in [1.29, 1.82) is 0 Å². The van der Waals surface area contributed by atoms with Gasteiger partial charge in [-0.05, 0) is 48.5 Å². The Morgan fingerprint density at radius 2 is 1.22 bits per heavy atom. The number of para-hydroxylation sites is 4. The van der Waals surface area contributed by atoms with E-state index < -0.39 is 0 Å². The number of fused-ring (bicyclic) bond motifs is 7. The SMILES string of the molecule is O=c1c2ccccc2n2c3c(cccc13)COCc1cc3c(cc1-2)c1ccccc1n3-c1ccccc1. The van der Waals surface area contributed by atoms with Crippen molar-refractivity contribution >= 4 is 43.6 Å². The highest BCUT2D eigenvalue weighted by molar-refractivity contribution is 6.10. The molecular weight excluding hydrogens is 456 g/mol. The summed E-state index contributed by atoms with van der Waals surface area (Å²) >= 11 is 0. The monoisotopic (exact) mass is 478 g/mol. The van der Waals surface area contributed by atoms with Crippen molar-refractivity contribution in [2.24, 2.45) is 0 Å². The van der Waals surface area contributed by atoms with E-state index in [9.17, 15) is 4.79 Å². The maximum absolute atomic E-state index is 13.5. The van der Waals surface area contributed by atoms with Gasteiger partial charge in [0, 0.05) is 38.4 Å². The molecule has 0 saturated heterocycles. The molecule has 0 spiro atoms. The summed E-state index contributed by atoms with van der Waals surface area (Å²) in [6, 6.07) is 37.5. The molecule has 0 unspecified atom stereocenters. The van der Waals surface area contributed by atoms with Crippen molar-refractivity contribution in [3.05, 3.63) is 131 Å². The molecule has 0 atom stereocenters. The predicted octanol–water partition coefficient (Wildman–Crippen LogP) is 7.27. The highest BCUT2D eigenvalue weighted by Crippen LogP contribution is 2.38. The van der Waals surface area contributed by atoms with Crippen LogP contribution < -0.4 is 5.43 Å². The van der Waals surface area contributed by atoms with E-state index >= 15 is 0 Å². The molecule has 0 fully saturated rings. The van der Waals surface area contributed by atoms with Gasteiger partial charge in [0.15, 0.2) is 5.43 Å². The molecule has 7 aromatic rings. The molecule has 0 aliphatic carbocycles. The Kier molecular flexibility index (Phi) is 4.25. The molecule has 176 valence electrons. The standard InChI is InChI=1S/C33H22N2O2/c36-33-25-13-5-7-16-29(25)35-30-18-27-24-12-4-6-15-28(24)34(23-10-2-1-3-11-23)31(27)17-22(30)20-37-19-21-9-8-14-26(33)32(21)35/h1-18H,19-20H2. The van der Waals surface area contributed by atoms with Gasteiger partial charge in [0.1, 0.15) is 0 Å². The molecule has 5 aromatic carbocycles. The smallest absolute Gasteiger partial charge is 0.197 e. The molecule has 0 bridgehead atoms. The number of nitrogens with zero attached hydrogens (tertiary/aromatic N) is 2. The Labute approximate surface area is 212 Å². The van der Waals surface area contributed by atoms with E-state index in [0.717, 1.165) is 55.3 Å². The summed E-state index contributed by atoms with van der Waals surface area (Å²) in [6.45, 7) is 0.937. The average Bonchev–Trinajstić information content (AvgIpc) is 3.26. The lowest BCUT2D eigenvalue weighted by Crippen LogP contribution is -2.15. The van der Waals surface area contributed by atoms with Crippen LogP contribution in [0.3, 0.4) is 0 Å². The van der Waals surface area contributed by atoms with Crippen molar-refractivity contribution in [2.45, 2.75) is 13.2 Å². The minimum atomic E-state index is 0.0626.